The van der Waals surface area contributed by atoms with Gasteiger partial charge < -0.3 is 4.42 Å². The summed E-state index contributed by atoms with van der Waals surface area (Å²) in [6, 6.07) is 29.6. The quantitative estimate of drug-likeness (QED) is 0.230. The smallest absolute Gasteiger partial charge is 0.135 e. The van der Waals surface area contributed by atoms with E-state index in [4.69, 9.17) is 14.4 Å². The van der Waals surface area contributed by atoms with Crippen molar-refractivity contribution in [3.8, 4) is 33.8 Å². The van der Waals surface area contributed by atoms with Crippen LogP contribution in [0, 0.1) is 0 Å². The van der Waals surface area contributed by atoms with E-state index < -0.39 is 0 Å². The zero-order chi connectivity index (χ0) is 25.5. The molecule has 0 N–H and O–H groups in total. The molecule has 4 heterocycles. The van der Waals surface area contributed by atoms with Crippen LogP contribution < -0.4 is 0 Å². The molecule has 0 bridgehead atoms. The van der Waals surface area contributed by atoms with Crippen LogP contribution in [0.4, 0.5) is 0 Å². The Bertz CT molecular complexity index is 2280. The minimum atomic E-state index is 0.842. The Morgan fingerprint density at radius 1 is 0.615 bits per heavy atom. The number of hydrogen-bond acceptors (Lipinski definition) is 6. The topological polar surface area (TPSA) is 64.7 Å². The maximum absolute atomic E-state index is 6.25. The van der Waals surface area contributed by atoms with Crippen LogP contribution in [-0.4, -0.2) is 19.9 Å². The van der Waals surface area contributed by atoms with E-state index in [2.05, 4.69) is 88.8 Å². The van der Waals surface area contributed by atoms with E-state index in [1.807, 2.05) is 6.07 Å². The van der Waals surface area contributed by atoms with Crippen LogP contribution in [0.15, 0.2) is 102 Å². The molecule has 0 fully saturated rings. The summed E-state index contributed by atoms with van der Waals surface area (Å²) in [4.78, 5) is 18.7. The van der Waals surface area contributed by atoms with Gasteiger partial charge in [-0.1, -0.05) is 42.5 Å². The fourth-order valence-electron chi connectivity index (χ4n) is 5.96. The number of rotatable bonds is 2. The molecular formula is C33H18N4OS. The summed E-state index contributed by atoms with van der Waals surface area (Å²) >= 11 is 1.74. The van der Waals surface area contributed by atoms with Gasteiger partial charge in [-0.2, -0.15) is 0 Å². The molecule has 4 aromatic heterocycles. The number of aromatic nitrogens is 4. The Balaban J connectivity index is 1.23. The summed E-state index contributed by atoms with van der Waals surface area (Å²) in [5.41, 5.74) is 11.5. The third-order valence-electron chi connectivity index (χ3n) is 7.76. The first kappa shape index (κ1) is 21.0. The largest absolute Gasteiger partial charge is 0.456 e. The summed E-state index contributed by atoms with van der Waals surface area (Å²) < 4.78 is 8.57. The summed E-state index contributed by atoms with van der Waals surface area (Å²) in [6.07, 6.45) is 4.19. The van der Waals surface area contributed by atoms with Crippen molar-refractivity contribution in [1.29, 1.82) is 0 Å². The van der Waals surface area contributed by atoms with Gasteiger partial charge in [-0.05, 0) is 48.0 Å². The Morgan fingerprint density at radius 2 is 1.31 bits per heavy atom. The number of thiophene rings is 1. The molecule has 6 heteroatoms. The van der Waals surface area contributed by atoms with E-state index in [1.54, 1.807) is 24.0 Å². The van der Waals surface area contributed by atoms with Gasteiger partial charge in [-0.25, -0.2) is 19.9 Å². The molecule has 0 atom stereocenters. The second-order valence-corrected chi connectivity index (χ2v) is 11.0. The standard InChI is InChI=1S/C33H18N4OS/c1-2-6-21-18(5-1)13-25-29(34-16-36-31(21)25)19-9-11-26-23(14-19)24-15-20(10-12-27(24)38-26)30-33-32(37-17-35-30)22-7-3-4-8-28(22)39-33/h1-12,14-17H,13H2. The second kappa shape index (κ2) is 7.79. The number of nitrogens with zero attached hydrogens (tertiary/aromatic N) is 4. The van der Waals surface area contributed by atoms with Gasteiger partial charge in [-0.3, -0.25) is 0 Å². The highest BCUT2D eigenvalue weighted by molar-refractivity contribution is 7.26. The SMILES string of the molecule is c1ccc2c(c1)Cc1c(-c3ccc4oc5ccc(-c6ncnc7c6sc6ccccc67)cc5c4c3)ncnc1-2. The average Bonchev–Trinajstić information content (AvgIpc) is 3.67. The monoisotopic (exact) mass is 518 g/mol. The molecule has 0 aliphatic heterocycles. The minimum Gasteiger partial charge on any atom is -0.456 e. The zero-order valence-electron chi connectivity index (χ0n) is 20.6. The van der Waals surface area contributed by atoms with Gasteiger partial charge in [0.15, 0.2) is 0 Å². The summed E-state index contributed by atoms with van der Waals surface area (Å²) in [7, 11) is 0. The van der Waals surface area contributed by atoms with Gasteiger partial charge in [0.1, 0.15) is 23.8 Å². The van der Waals surface area contributed by atoms with Crippen LogP contribution in [0.5, 0.6) is 0 Å². The molecule has 0 saturated carbocycles. The van der Waals surface area contributed by atoms with Crippen LogP contribution in [0.1, 0.15) is 11.1 Å². The van der Waals surface area contributed by atoms with E-state index in [-0.39, 0.29) is 0 Å². The van der Waals surface area contributed by atoms with Crippen molar-refractivity contribution in [3.63, 3.8) is 0 Å². The van der Waals surface area contributed by atoms with Gasteiger partial charge in [0, 0.05) is 49.5 Å². The lowest BCUT2D eigenvalue weighted by Gasteiger charge is -2.07. The molecule has 0 unspecified atom stereocenters. The summed E-state index contributed by atoms with van der Waals surface area (Å²) in [5.74, 6) is 0. The molecule has 5 nitrogen and oxygen atoms in total. The van der Waals surface area contributed by atoms with Crippen LogP contribution in [0.25, 0.3) is 76.0 Å². The Hall–Kier alpha value is -4.94. The van der Waals surface area contributed by atoms with Crippen LogP contribution >= 0.6 is 11.3 Å². The first-order valence-corrected chi connectivity index (χ1v) is 13.6. The van der Waals surface area contributed by atoms with E-state index in [1.165, 1.54) is 26.8 Å². The molecule has 182 valence electrons. The average molecular weight is 519 g/mol. The van der Waals surface area contributed by atoms with Gasteiger partial charge in [0.2, 0.25) is 0 Å². The van der Waals surface area contributed by atoms with Gasteiger partial charge in [-0.15, -0.1) is 11.3 Å². The molecule has 39 heavy (non-hydrogen) atoms. The van der Waals surface area contributed by atoms with Gasteiger partial charge >= 0.3 is 0 Å². The van der Waals surface area contributed by atoms with Crippen LogP contribution in [0.3, 0.4) is 0 Å². The van der Waals surface area contributed by atoms with E-state index in [0.717, 1.165) is 66.8 Å². The lowest BCUT2D eigenvalue weighted by molar-refractivity contribution is 0.669. The normalized spacial score (nSPS) is 12.5. The predicted octanol–water partition coefficient (Wildman–Crippen LogP) is 8.44. The predicted molar refractivity (Wildman–Crippen MR) is 157 cm³/mol. The molecule has 8 aromatic rings. The third kappa shape index (κ3) is 3.00. The van der Waals surface area contributed by atoms with E-state index in [0.29, 0.717) is 0 Å². The van der Waals surface area contributed by atoms with Crippen molar-refractivity contribution in [1.82, 2.24) is 19.9 Å². The highest BCUT2D eigenvalue weighted by Gasteiger charge is 2.24. The maximum atomic E-state index is 6.25. The zero-order valence-corrected chi connectivity index (χ0v) is 21.4. The fourth-order valence-corrected chi connectivity index (χ4v) is 7.13. The highest BCUT2D eigenvalue weighted by atomic mass is 32.1. The Morgan fingerprint density at radius 3 is 2.18 bits per heavy atom. The van der Waals surface area contributed by atoms with E-state index in [9.17, 15) is 0 Å². The van der Waals surface area contributed by atoms with Crippen LogP contribution in [0.2, 0.25) is 0 Å². The number of furan rings is 1. The minimum absolute atomic E-state index is 0.842. The lowest BCUT2D eigenvalue weighted by atomic mass is 10.0. The molecular weight excluding hydrogens is 500 g/mol. The fraction of sp³-hybridized carbons (Fsp3) is 0.0303. The number of hydrogen-bond donors (Lipinski definition) is 0. The number of fused-ring (bicyclic) bond motifs is 9. The maximum Gasteiger partial charge on any atom is 0.135 e. The molecule has 0 amide bonds. The Labute approximate surface area is 226 Å². The highest BCUT2D eigenvalue weighted by Crippen LogP contribution is 2.42. The summed E-state index contributed by atoms with van der Waals surface area (Å²) in [5, 5.41) is 3.29. The second-order valence-electron chi connectivity index (χ2n) is 9.91. The molecule has 4 aromatic carbocycles. The van der Waals surface area contributed by atoms with Gasteiger partial charge in [0.05, 0.1) is 27.3 Å². The molecule has 0 radical (unpaired) electrons. The molecule has 9 rings (SSSR count). The number of benzene rings is 4. The Kier molecular flexibility index (Phi) is 4.20. The summed E-state index contributed by atoms with van der Waals surface area (Å²) in [6.45, 7) is 0. The van der Waals surface area contributed by atoms with Gasteiger partial charge in [0.25, 0.3) is 0 Å². The van der Waals surface area contributed by atoms with Crippen LogP contribution in [-0.2, 0) is 6.42 Å². The van der Waals surface area contributed by atoms with Crippen molar-refractivity contribution < 1.29 is 4.42 Å². The first-order chi connectivity index (χ1) is 19.3. The third-order valence-corrected chi connectivity index (χ3v) is 8.93. The first-order valence-electron chi connectivity index (χ1n) is 12.8. The molecule has 1 aliphatic carbocycles. The lowest BCUT2D eigenvalue weighted by Crippen LogP contribution is -1.94. The molecule has 0 saturated heterocycles. The van der Waals surface area contributed by atoms with Crippen molar-refractivity contribution in [3.05, 3.63) is 109 Å². The molecule has 0 spiro atoms. The van der Waals surface area contributed by atoms with Crippen molar-refractivity contribution >= 4 is 53.6 Å². The molecule has 1 aliphatic rings. The van der Waals surface area contributed by atoms with E-state index >= 15 is 0 Å². The van der Waals surface area contributed by atoms with Crippen molar-refractivity contribution in [2.45, 2.75) is 6.42 Å². The van der Waals surface area contributed by atoms with Crippen molar-refractivity contribution in [2.24, 2.45) is 0 Å². The van der Waals surface area contributed by atoms with Crippen molar-refractivity contribution in [2.75, 3.05) is 0 Å².